The first-order valence-corrected chi connectivity index (χ1v) is 3.78. The Morgan fingerprint density at radius 2 is 2.36 bits per heavy atom. The molecular formula is C6H4BrN3O. The second-order valence-corrected chi connectivity index (χ2v) is 3.02. The molecule has 2 rings (SSSR count). The summed E-state index contributed by atoms with van der Waals surface area (Å²) in [5.41, 5.74) is 0.845. The van der Waals surface area contributed by atoms with E-state index in [9.17, 15) is 5.21 Å². The smallest absolute Gasteiger partial charge is 0.196 e. The van der Waals surface area contributed by atoms with Crippen molar-refractivity contribution in [3.05, 3.63) is 28.3 Å². The van der Waals surface area contributed by atoms with E-state index < -0.39 is 0 Å². The Kier molecular flexibility index (Phi) is 1.32. The van der Waals surface area contributed by atoms with Crippen LogP contribution in [0.15, 0.2) is 23.1 Å². The van der Waals surface area contributed by atoms with E-state index in [1.165, 1.54) is 12.4 Å². The molecule has 2 heterocycles. The maximum atomic E-state index is 10.8. The SMILES string of the molecule is [O-][n+]1cc(Br)c2[nH]ncc2c1. The van der Waals surface area contributed by atoms with Crippen LogP contribution in [0.1, 0.15) is 0 Å². The highest BCUT2D eigenvalue weighted by Gasteiger charge is 2.04. The van der Waals surface area contributed by atoms with Gasteiger partial charge < -0.3 is 5.21 Å². The normalized spacial score (nSPS) is 10.6. The summed E-state index contributed by atoms with van der Waals surface area (Å²) in [6.45, 7) is 0. The number of halogens is 1. The van der Waals surface area contributed by atoms with Gasteiger partial charge in [0.05, 0.1) is 17.1 Å². The number of hydrogen-bond acceptors (Lipinski definition) is 2. The highest BCUT2D eigenvalue weighted by atomic mass is 79.9. The molecular weight excluding hydrogens is 210 g/mol. The van der Waals surface area contributed by atoms with E-state index in [-0.39, 0.29) is 0 Å². The standard InChI is InChI=1S/C6H4BrN3O/c7-5-3-10(11)2-4-1-8-9-6(4)5/h1-3H,(H,8,9). The van der Waals surface area contributed by atoms with Crippen molar-refractivity contribution in [2.45, 2.75) is 0 Å². The lowest BCUT2D eigenvalue weighted by molar-refractivity contribution is -0.604. The fourth-order valence-electron chi connectivity index (χ4n) is 0.935. The summed E-state index contributed by atoms with van der Waals surface area (Å²) in [5, 5.41) is 18.2. The Bertz CT molecular complexity index is 398. The summed E-state index contributed by atoms with van der Waals surface area (Å²) in [7, 11) is 0. The predicted octanol–water partition coefficient (Wildman–Crippen LogP) is 0.959. The van der Waals surface area contributed by atoms with Gasteiger partial charge in [0.2, 0.25) is 0 Å². The second kappa shape index (κ2) is 2.20. The fraction of sp³-hybridized carbons (Fsp3) is 0. The van der Waals surface area contributed by atoms with Gasteiger partial charge in [-0.1, -0.05) is 0 Å². The van der Waals surface area contributed by atoms with E-state index in [0.717, 1.165) is 20.1 Å². The van der Waals surface area contributed by atoms with E-state index in [1.807, 2.05) is 0 Å². The minimum Gasteiger partial charge on any atom is -0.619 e. The Hall–Kier alpha value is -1.10. The van der Waals surface area contributed by atoms with E-state index in [2.05, 4.69) is 26.1 Å². The second-order valence-electron chi connectivity index (χ2n) is 2.17. The van der Waals surface area contributed by atoms with Gasteiger partial charge in [-0.25, -0.2) is 0 Å². The third-order valence-corrected chi connectivity index (χ3v) is 2.02. The third kappa shape index (κ3) is 0.970. The summed E-state index contributed by atoms with van der Waals surface area (Å²) < 4.78 is 1.46. The van der Waals surface area contributed by atoms with Crippen LogP contribution >= 0.6 is 15.9 Å². The highest BCUT2D eigenvalue weighted by Crippen LogP contribution is 2.17. The molecule has 0 aliphatic rings. The predicted molar refractivity (Wildman–Crippen MR) is 42.8 cm³/mol. The van der Waals surface area contributed by atoms with Crippen LogP contribution in [-0.4, -0.2) is 10.2 Å². The lowest BCUT2D eigenvalue weighted by atomic mass is 10.3. The maximum absolute atomic E-state index is 10.8. The zero-order valence-corrected chi connectivity index (χ0v) is 7.00. The molecule has 4 nitrogen and oxygen atoms in total. The Balaban J connectivity index is 2.91. The number of aromatic nitrogens is 3. The van der Waals surface area contributed by atoms with Crippen LogP contribution in [0.3, 0.4) is 0 Å². The summed E-state index contributed by atoms with van der Waals surface area (Å²) in [5.74, 6) is 0. The largest absolute Gasteiger partial charge is 0.619 e. The quantitative estimate of drug-likeness (QED) is 0.524. The van der Waals surface area contributed by atoms with Gasteiger partial charge in [0, 0.05) is 0 Å². The van der Waals surface area contributed by atoms with Crippen molar-refractivity contribution in [3.63, 3.8) is 0 Å². The Labute approximate surface area is 70.6 Å². The molecule has 0 bridgehead atoms. The van der Waals surface area contributed by atoms with Crippen LogP contribution < -0.4 is 4.73 Å². The third-order valence-electron chi connectivity index (χ3n) is 1.41. The molecule has 2 aromatic heterocycles. The molecule has 0 saturated heterocycles. The molecule has 0 spiro atoms. The van der Waals surface area contributed by atoms with E-state index >= 15 is 0 Å². The first kappa shape index (κ1) is 6.60. The molecule has 0 aliphatic heterocycles. The molecule has 56 valence electrons. The van der Waals surface area contributed by atoms with E-state index in [1.54, 1.807) is 6.20 Å². The van der Waals surface area contributed by atoms with E-state index in [0.29, 0.717) is 0 Å². The lowest BCUT2D eigenvalue weighted by Gasteiger charge is -1.95. The molecule has 11 heavy (non-hydrogen) atoms. The average molecular weight is 214 g/mol. The Morgan fingerprint density at radius 1 is 1.55 bits per heavy atom. The monoisotopic (exact) mass is 213 g/mol. The van der Waals surface area contributed by atoms with Crippen molar-refractivity contribution in [1.82, 2.24) is 10.2 Å². The Morgan fingerprint density at radius 3 is 3.18 bits per heavy atom. The minimum atomic E-state index is 0.725. The van der Waals surface area contributed by atoms with Gasteiger partial charge in [-0.15, -0.1) is 0 Å². The molecule has 0 radical (unpaired) electrons. The lowest BCUT2D eigenvalue weighted by Crippen LogP contribution is -2.24. The van der Waals surface area contributed by atoms with Crippen molar-refractivity contribution in [2.24, 2.45) is 0 Å². The number of hydrogen-bond donors (Lipinski definition) is 1. The van der Waals surface area contributed by atoms with Gasteiger partial charge in [0.25, 0.3) is 0 Å². The zero-order chi connectivity index (χ0) is 7.84. The number of fused-ring (bicyclic) bond motifs is 1. The average Bonchev–Trinajstić information content (AvgIpc) is 2.34. The molecule has 1 N–H and O–H groups in total. The minimum absolute atomic E-state index is 0.725. The molecule has 2 aromatic rings. The fourth-order valence-corrected chi connectivity index (χ4v) is 1.45. The molecule has 0 amide bonds. The molecule has 0 fully saturated rings. The molecule has 0 aliphatic carbocycles. The van der Waals surface area contributed by atoms with Gasteiger partial charge >= 0.3 is 0 Å². The maximum Gasteiger partial charge on any atom is 0.196 e. The van der Waals surface area contributed by atoms with Crippen molar-refractivity contribution in [2.75, 3.05) is 0 Å². The van der Waals surface area contributed by atoms with Crippen molar-refractivity contribution >= 4 is 26.8 Å². The van der Waals surface area contributed by atoms with Gasteiger partial charge in [-0.05, 0) is 15.9 Å². The van der Waals surface area contributed by atoms with Gasteiger partial charge in [-0.2, -0.15) is 9.83 Å². The summed E-state index contributed by atoms with van der Waals surface area (Å²) in [4.78, 5) is 0. The number of nitrogens with zero attached hydrogens (tertiary/aromatic N) is 2. The first-order chi connectivity index (χ1) is 5.27. The molecule has 0 atom stereocenters. The van der Waals surface area contributed by atoms with Crippen LogP contribution in [0.4, 0.5) is 0 Å². The molecule has 0 saturated carbocycles. The molecule has 5 heteroatoms. The van der Waals surface area contributed by atoms with Crippen LogP contribution in [0.25, 0.3) is 10.9 Å². The van der Waals surface area contributed by atoms with Gasteiger partial charge in [0.1, 0.15) is 4.47 Å². The van der Waals surface area contributed by atoms with E-state index in [4.69, 9.17) is 0 Å². The number of pyridine rings is 1. The van der Waals surface area contributed by atoms with Gasteiger partial charge in [-0.3, -0.25) is 5.10 Å². The van der Waals surface area contributed by atoms with Crippen LogP contribution in [-0.2, 0) is 0 Å². The van der Waals surface area contributed by atoms with Crippen molar-refractivity contribution < 1.29 is 4.73 Å². The summed E-state index contributed by atoms with van der Waals surface area (Å²) in [6.07, 6.45) is 4.50. The molecule has 0 unspecified atom stereocenters. The van der Waals surface area contributed by atoms with Crippen LogP contribution in [0.5, 0.6) is 0 Å². The number of H-pyrrole nitrogens is 1. The van der Waals surface area contributed by atoms with Crippen LogP contribution in [0, 0.1) is 5.21 Å². The summed E-state index contributed by atoms with van der Waals surface area (Å²) in [6, 6.07) is 0. The molecule has 0 aromatic carbocycles. The summed E-state index contributed by atoms with van der Waals surface area (Å²) >= 11 is 3.23. The highest BCUT2D eigenvalue weighted by molar-refractivity contribution is 9.10. The number of nitrogens with one attached hydrogen (secondary N) is 1. The topological polar surface area (TPSA) is 55.6 Å². The van der Waals surface area contributed by atoms with Crippen molar-refractivity contribution in [3.8, 4) is 0 Å². The number of aromatic amines is 1. The van der Waals surface area contributed by atoms with Gasteiger partial charge in [0.15, 0.2) is 12.4 Å². The van der Waals surface area contributed by atoms with Crippen LogP contribution in [0.2, 0.25) is 0 Å². The number of rotatable bonds is 0. The van der Waals surface area contributed by atoms with Crippen molar-refractivity contribution in [1.29, 1.82) is 0 Å². The first-order valence-electron chi connectivity index (χ1n) is 2.99. The zero-order valence-electron chi connectivity index (χ0n) is 5.41.